The summed E-state index contributed by atoms with van der Waals surface area (Å²) in [5.74, 6) is 0.0288. The topological polar surface area (TPSA) is 101 Å². The quantitative estimate of drug-likeness (QED) is 0.783. The number of aromatic nitrogens is 1. The molecule has 2 N–H and O–H groups in total. The maximum Gasteiger partial charge on any atom is 0.241 e. The van der Waals surface area contributed by atoms with Crippen molar-refractivity contribution in [3.63, 3.8) is 0 Å². The van der Waals surface area contributed by atoms with Crippen LogP contribution in [-0.4, -0.2) is 43.4 Å². The highest BCUT2D eigenvalue weighted by atomic mass is 35.5. The highest BCUT2D eigenvalue weighted by Crippen LogP contribution is 2.28. The number of halogens is 1. The number of rotatable bonds is 5. The minimum Gasteiger partial charge on any atom is -0.443 e. The number of nitrogens with zero attached hydrogens (tertiary/aromatic N) is 1. The first-order valence-corrected chi connectivity index (χ1v) is 10.4. The summed E-state index contributed by atoms with van der Waals surface area (Å²) in [4.78, 5) is 17.8. The molecule has 10 heteroatoms. The largest absolute Gasteiger partial charge is 0.443 e. The Morgan fingerprint density at radius 1 is 1.44 bits per heavy atom. The molecule has 3 rings (SSSR count). The van der Waals surface area contributed by atoms with Gasteiger partial charge in [0.25, 0.3) is 0 Å². The van der Waals surface area contributed by atoms with E-state index in [1.807, 2.05) is 17.5 Å². The van der Waals surface area contributed by atoms with Crippen molar-refractivity contribution in [1.29, 1.82) is 0 Å². The van der Waals surface area contributed by atoms with Crippen molar-refractivity contribution < 1.29 is 17.6 Å². The molecule has 2 aromatic heterocycles. The van der Waals surface area contributed by atoms with Gasteiger partial charge < -0.3 is 15.1 Å². The number of carbonyl (C=O) groups excluding carboxylic acids is 1. The summed E-state index contributed by atoms with van der Waals surface area (Å²) in [5.41, 5.74) is 0.560. The van der Waals surface area contributed by atoms with Gasteiger partial charge >= 0.3 is 0 Å². The van der Waals surface area contributed by atoms with Crippen LogP contribution in [0.25, 0.3) is 10.8 Å². The molecule has 1 aliphatic heterocycles. The predicted molar refractivity (Wildman–Crippen MR) is 98.6 cm³/mol. The zero-order valence-corrected chi connectivity index (χ0v) is 16.1. The van der Waals surface area contributed by atoms with Crippen LogP contribution in [0, 0.1) is 0 Å². The third-order valence-corrected chi connectivity index (χ3v) is 7.12. The van der Waals surface area contributed by atoms with Gasteiger partial charge in [-0.15, -0.1) is 23.7 Å². The predicted octanol–water partition coefficient (Wildman–Crippen LogP) is 1.61. The number of amides is 1. The minimum atomic E-state index is -3.52. The second kappa shape index (κ2) is 7.86. The summed E-state index contributed by atoms with van der Waals surface area (Å²) in [7, 11) is -3.52. The SMILES string of the molecule is CS(=O)(=O)C1(C(=O)NCc2coc(-c3cccs3)n2)CCNCC1.Cl. The number of carbonyl (C=O) groups is 1. The third-order valence-electron chi connectivity index (χ3n) is 4.25. The standard InChI is InChI=1S/C15H19N3O4S2.ClH/c1-24(20,21)15(4-6-16-7-5-15)14(19)17-9-11-10-22-13(18-11)12-3-2-8-23-12;/h2-3,8,10,16H,4-7,9H2,1H3,(H,17,19);1H. The zero-order chi connectivity index (χ0) is 17.2. The Morgan fingerprint density at radius 2 is 2.16 bits per heavy atom. The molecule has 138 valence electrons. The fraction of sp³-hybridized carbons (Fsp3) is 0.467. The lowest BCUT2D eigenvalue weighted by Gasteiger charge is -2.34. The Morgan fingerprint density at radius 3 is 2.76 bits per heavy atom. The summed E-state index contributed by atoms with van der Waals surface area (Å²) < 4.78 is 28.4. The number of sulfone groups is 1. The van der Waals surface area contributed by atoms with Gasteiger partial charge in [0.1, 0.15) is 6.26 Å². The Labute approximate surface area is 156 Å². The lowest BCUT2D eigenvalue weighted by Crippen LogP contribution is -2.57. The van der Waals surface area contributed by atoms with Gasteiger partial charge in [-0.1, -0.05) is 6.07 Å². The summed E-state index contributed by atoms with van der Waals surface area (Å²) in [5, 5.41) is 7.72. The molecule has 1 aliphatic rings. The number of nitrogens with one attached hydrogen (secondary N) is 2. The first-order valence-electron chi connectivity index (χ1n) is 7.59. The lowest BCUT2D eigenvalue weighted by atomic mass is 9.96. The molecule has 0 aliphatic carbocycles. The summed E-state index contributed by atoms with van der Waals surface area (Å²) in [6.45, 7) is 1.15. The monoisotopic (exact) mass is 405 g/mol. The van der Waals surface area contributed by atoms with E-state index in [1.165, 1.54) is 17.6 Å². The van der Waals surface area contributed by atoms with Crippen LogP contribution in [0.3, 0.4) is 0 Å². The van der Waals surface area contributed by atoms with Crippen LogP contribution >= 0.6 is 23.7 Å². The molecule has 1 amide bonds. The molecule has 1 fully saturated rings. The van der Waals surface area contributed by atoms with E-state index in [9.17, 15) is 13.2 Å². The number of hydrogen-bond donors (Lipinski definition) is 2. The van der Waals surface area contributed by atoms with Crippen molar-refractivity contribution in [3.8, 4) is 10.8 Å². The fourth-order valence-corrected chi connectivity index (χ4v) is 4.84. The number of piperidine rings is 1. The van der Waals surface area contributed by atoms with Crippen LogP contribution in [0.4, 0.5) is 0 Å². The molecule has 25 heavy (non-hydrogen) atoms. The van der Waals surface area contributed by atoms with E-state index in [-0.39, 0.29) is 31.8 Å². The molecule has 0 saturated carbocycles. The van der Waals surface area contributed by atoms with E-state index < -0.39 is 20.5 Å². The van der Waals surface area contributed by atoms with Crippen LogP contribution in [-0.2, 0) is 21.2 Å². The molecule has 0 aromatic carbocycles. The molecule has 0 radical (unpaired) electrons. The fourth-order valence-electron chi connectivity index (χ4n) is 2.83. The van der Waals surface area contributed by atoms with Gasteiger partial charge in [-0.05, 0) is 37.4 Å². The Hall–Kier alpha value is -1.42. The summed E-state index contributed by atoms with van der Waals surface area (Å²) in [6.07, 6.45) is 3.15. The Balaban J connectivity index is 0.00000225. The second-order valence-corrected chi connectivity index (χ2v) is 9.09. The number of oxazole rings is 1. The molecule has 0 bridgehead atoms. The van der Waals surface area contributed by atoms with Crippen LogP contribution in [0.5, 0.6) is 0 Å². The van der Waals surface area contributed by atoms with E-state index in [2.05, 4.69) is 15.6 Å². The highest BCUT2D eigenvalue weighted by molar-refractivity contribution is 7.92. The zero-order valence-electron chi connectivity index (χ0n) is 13.6. The molecule has 2 aromatic rings. The van der Waals surface area contributed by atoms with E-state index in [4.69, 9.17) is 4.42 Å². The lowest BCUT2D eigenvalue weighted by molar-refractivity contribution is -0.124. The van der Waals surface area contributed by atoms with Crippen molar-refractivity contribution >= 4 is 39.5 Å². The van der Waals surface area contributed by atoms with E-state index in [1.54, 1.807) is 0 Å². The van der Waals surface area contributed by atoms with Gasteiger partial charge in [0.05, 0.1) is 17.1 Å². The summed E-state index contributed by atoms with van der Waals surface area (Å²) >= 11 is 1.51. The maximum absolute atomic E-state index is 12.6. The number of hydrogen-bond acceptors (Lipinski definition) is 7. The van der Waals surface area contributed by atoms with Gasteiger partial charge in [0, 0.05) is 6.26 Å². The maximum atomic E-state index is 12.6. The minimum absolute atomic E-state index is 0. The molecule has 3 heterocycles. The van der Waals surface area contributed by atoms with Gasteiger partial charge in [0.2, 0.25) is 11.8 Å². The van der Waals surface area contributed by atoms with Crippen LogP contribution in [0.1, 0.15) is 18.5 Å². The highest BCUT2D eigenvalue weighted by Gasteiger charge is 2.48. The smallest absolute Gasteiger partial charge is 0.241 e. The molecular formula is C15H20ClN3O4S2. The normalized spacial score (nSPS) is 16.8. The Kier molecular flexibility index (Phi) is 6.26. The van der Waals surface area contributed by atoms with E-state index in [0.29, 0.717) is 24.7 Å². The van der Waals surface area contributed by atoms with E-state index in [0.717, 1.165) is 11.1 Å². The van der Waals surface area contributed by atoms with Crippen molar-refractivity contribution in [1.82, 2.24) is 15.6 Å². The second-order valence-electron chi connectivity index (χ2n) is 5.82. The van der Waals surface area contributed by atoms with Gasteiger partial charge in [-0.3, -0.25) is 4.79 Å². The van der Waals surface area contributed by atoms with E-state index >= 15 is 0 Å². The van der Waals surface area contributed by atoms with Crippen LogP contribution in [0.2, 0.25) is 0 Å². The molecule has 7 nitrogen and oxygen atoms in total. The molecule has 0 spiro atoms. The molecule has 1 saturated heterocycles. The van der Waals surface area contributed by atoms with Gasteiger partial charge in [-0.25, -0.2) is 13.4 Å². The number of thiophene rings is 1. The van der Waals surface area contributed by atoms with Crippen molar-refractivity contribution in [2.45, 2.75) is 24.1 Å². The summed E-state index contributed by atoms with van der Waals surface area (Å²) in [6, 6.07) is 3.80. The van der Waals surface area contributed by atoms with Gasteiger partial charge in [-0.2, -0.15) is 0 Å². The average molecular weight is 406 g/mol. The third kappa shape index (κ3) is 4.05. The Bertz CT molecular complexity index is 812. The van der Waals surface area contributed by atoms with Crippen molar-refractivity contribution in [3.05, 3.63) is 29.5 Å². The van der Waals surface area contributed by atoms with Crippen molar-refractivity contribution in [2.75, 3.05) is 19.3 Å². The first-order chi connectivity index (χ1) is 11.4. The van der Waals surface area contributed by atoms with Crippen molar-refractivity contribution in [2.24, 2.45) is 0 Å². The molecular weight excluding hydrogens is 386 g/mol. The van der Waals surface area contributed by atoms with Gasteiger partial charge in [0.15, 0.2) is 14.6 Å². The molecule has 0 atom stereocenters. The first kappa shape index (κ1) is 19.9. The van der Waals surface area contributed by atoms with Crippen LogP contribution < -0.4 is 10.6 Å². The van der Waals surface area contributed by atoms with Crippen LogP contribution in [0.15, 0.2) is 28.2 Å². The average Bonchev–Trinajstić information content (AvgIpc) is 3.23. The molecule has 0 unspecified atom stereocenters.